The normalized spacial score (nSPS) is 10.5. The zero-order valence-electron chi connectivity index (χ0n) is 11.8. The largest absolute Gasteiger partial charge is 0.419 e. The average molecular weight is 331 g/mol. The molecule has 1 aromatic heterocycles. The number of nitro groups is 1. The molecule has 0 aliphatic heterocycles. The third kappa shape index (κ3) is 3.64. The first-order valence-electron chi connectivity index (χ1n) is 6.68. The number of benzene rings is 2. The molecule has 0 saturated heterocycles. The van der Waals surface area contributed by atoms with Crippen molar-refractivity contribution in [2.45, 2.75) is 6.54 Å². The zero-order valence-corrected chi connectivity index (χ0v) is 12.5. The van der Waals surface area contributed by atoms with Crippen molar-refractivity contribution in [3.05, 3.63) is 69.6 Å². The van der Waals surface area contributed by atoms with E-state index in [0.717, 1.165) is 5.56 Å². The van der Waals surface area contributed by atoms with Gasteiger partial charge in [0, 0.05) is 28.4 Å². The van der Waals surface area contributed by atoms with Gasteiger partial charge in [0.25, 0.3) is 5.69 Å². The third-order valence-electron chi connectivity index (χ3n) is 3.04. The summed E-state index contributed by atoms with van der Waals surface area (Å²) in [4.78, 5) is 10.3. The van der Waals surface area contributed by atoms with Crippen molar-refractivity contribution in [1.29, 1.82) is 0 Å². The Morgan fingerprint density at radius 1 is 1.17 bits per heavy atom. The second kappa shape index (κ2) is 6.45. The molecule has 0 bridgehead atoms. The van der Waals surface area contributed by atoms with E-state index in [-0.39, 0.29) is 12.2 Å². The van der Waals surface area contributed by atoms with Crippen LogP contribution in [0.5, 0.6) is 0 Å². The van der Waals surface area contributed by atoms with Crippen molar-refractivity contribution >= 4 is 23.0 Å². The zero-order chi connectivity index (χ0) is 16.2. The van der Waals surface area contributed by atoms with Gasteiger partial charge in [-0.3, -0.25) is 10.1 Å². The number of hydrogen-bond acceptors (Lipinski definition) is 6. The first kappa shape index (κ1) is 15.0. The molecular weight excluding hydrogens is 320 g/mol. The summed E-state index contributed by atoms with van der Waals surface area (Å²) < 4.78 is 5.55. The van der Waals surface area contributed by atoms with E-state index >= 15 is 0 Å². The average Bonchev–Trinajstić information content (AvgIpc) is 3.02. The SMILES string of the molecule is O=[N+]([O-])c1cccc(NCc2nnc(-c3cccc(Cl)c3)o2)c1. The van der Waals surface area contributed by atoms with E-state index < -0.39 is 4.92 Å². The summed E-state index contributed by atoms with van der Waals surface area (Å²) in [6.45, 7) is 0.259. The first-order valence-corrected chi connectivity index (χ1v) is 7.06. The highest BCUT2D eigenvalue weighted by atomic mass is 35.5. The predicted octanol–water partition coefficient (Wildman–Crippen LogP) is 3.91. The maximum Gasteiger partial charge on any atom is 0.271 e. The highest BCUT2D eigenvalue weighted by Crippen LogP contribution is 2.22. The van der Waals surface area contributed by atoms with Crippen molar-refractivity contribution in [2.75, 3.05) is 5.32 Å². The van der Waals surface area contributed by atoms with Crippen LogP contribution in [0.4, 0.5) is 11.4 Å². The minimum absolute atomic E-state index is 0.0140. The molecule has 23 heavy (non-hydrogen) atoms. The molecule has 8 heteroatoms. The molecule has 116 valence electrons. The smallest absolute Gasteiger partial charge is 0.271 e. The molecule has 0 aliphatic rings. The van der Waals surface area contributed by atoms with Crippen molar-refractivity contribution in [1.82, 2.24) is 10.2 Å². The Bertz CT molecular complexity index is 850. The number of rotatable bonds is 5. The van der Waals surface area contributed by atoms with Gasteiger partial charge in [-0.05, 0) is 24.3 Å². The van der Waals surface area contributed by atoms with Crippen molar-refractivity contribution in [3.63, 3.8) is 0 Å². The summed E-state index contributed by atoms with van der Waals surface area (Å²) in [7, 11) is 0. The van der Waals surface area contributed by atoms with E-state index in [1.807, 2.05) is 6.07 Å². The molecule has 1 heterocycles. The Morgan fingerprint density at radius 3 is 2.78 bits per heavy atom. The maximum absolute atomic E-state index is 10.7. The lowest BCUT2D eigenvalue weighted by Gasteiger charge is -2.02. The van der Waals surface area contributed by atoms with Crippen LogP contribution in [0.25, 0.3) is 11.5 Å². The molecule has 7 nitrogen and oxygen atoms in total. The second-order valence-electron chi connectivity index (χ2n) is 4.67. The summed E-state index contributed by atoms with van der Waals surface area (Å²) >= 11 is 5.93. The van der Waals surface area contributed by atoms with Crippen LogP contribution < -0.4 is 5.32 Å². The Morgan fingerprint density at radius 2 is 2.00 bits per heavy atom. The van der Waals surface area contributed by atoms with Gasteiger partial charge in [-0.15, -0.1) is 10.2 Å². The summed E-state index contributed by atoms with van der Waals surface area (Å²) in [5.41, 5.74) is 1.34. The molecule has 1 N–H and O–H groups in total. The number of nitrogens with one attached hydrogen (secondary N) is 1. The van der Waals surface area contributed by atoms with Crippen LogP contribution in [0.15, 0.2) is 52.9 Å². The van der Waals surface area contributed by atoms with Crippen molar-refractivity contribution in [2.24, 2.45) is 0 Å². The molecule has 0 saturated carbocycles. The Balaban J connectivity index is 1.70. The topological polar surface area (TPSA) is 94.1 Å². The minimum atomic E-state index is -0.449. The molecule has 0 fully saturated rings. The van der Waals surface area contributed by atoms with Gasteiger partial charge >= 0.3 is 0 Å². The van der Waals surface area contributed by atoms with Gasteiger partial charge in [0.05, 0.1) is 11.5 Å². The van der Waals surface area contributed by atoms with Gasteiger partial charge in [0.2, 0.25) is 11.8 Å². The van der Waals surface area contributed by atoms with Crippen molar-refractivity contribution in [3.8, 4) is 11.5 Å². The number of non-ortho nitro benzene ring substituents is 1. The van der Waals surface area contributed by atoms with Crippen LogP contribution in [0, 0.1) is 10.1 Å². The number of hydrogen-bond donors (Lipinski definition) is 1. The van der Waals surface area contributed by atoms with E-state index in [9.17, 15) is 10.1 Å². The quantitative estimate of drug-likeness (QED) is 0.563. The lowest BCUT2D eigenvalue weighted by Crippen LogP contribution is -2.00. The highest BCUT2D eigenvalue weighted by molar-refractivity contribution is 6.30. The number of anilines is 1. The molecule has 0 amide bonds. The molecule has 3 rings (SSSR count). The summed E-state index contributed by atoms with van der Waals surface area (Å²) in [5, 5.41) is 22.2. The third-order valence-corrected chi connectivity index (χ3v) is 3.27. The molecule has 3 aromatic rings. The van der Waals surface area contributed by atoms with Gasteiger partial charge in [0.1, 0.15) is 0 Å². The Labute approximate surface area is 136 Å². The van der Waals surface area contributed by atoms with Crippen LogP contribution >= 0.6 is 11.6 Å². The van der Waals surface area contributed by atoms with E-state index in [2.05, 4.69) is 15.5 Å². The standard InChI is InChI=1S/C15H11ClN4O3/c16-11-4-1-3-10(7-11)15-19-18-14(23-15)9-17-12-5-2-6-13(8-12)20(21)22/h1-8,17H,9H2. The van der Waals surface area contributed by atoms with Crippen LogP contribution in [0.2, 0.25) is 5.02 Å². The van der Waals surface area contributed by atoms with Gasteiger partial charge in [-0.1, -0.05) is 23.7 Å². The lowest BCUT2D eigenvalue weighted by molar-refractivity contribution is -0.384. The van der Waals surface area contributed by atoms with Gasteiger partial charge in [-0.2, -0.15) is 0 Å². The van der Waals surface area contributed by atoms with Crippen molar-refractivity contribution < 1.29 is 9.34 Å². The fourth-order valence-electron chi connectivity index (χ4n) is 1.97. The molecule has 0 spiro atoms. The van der Waals surface area contributed by atoms with E-state index in [0.29, 0.717) is 22.5 Å². The molecule has 2 aromatic carbocycles. The number of nitrogens with zero attached hydrogens (tertiary/aromatic N) is 3. The van der Waals surface area contributed by atoms with Gasteiger partial charge < -0.3 is 9.73 Å². The molecule has 0 aliphatic carbocycles. The maximum atomic E-state index is 10.7. The lowest BCUT2D eigenvalue weighted by atomic mass is 10.2. The molecule has 0 atom stereocenters. The second-order valence-corrected chi connectivity index (χ2v) is 5.11. The van der Waals surface area contributed by atoms with Crippen LogP contribution in [0.3, 0.4) is 0 Å². The first-order chi connectivity index (χ1) is 11.1. The van der Waals surface area contributed by atoms with Crippen LogP contribution in [0.1, 0.15) is 5.89 Å². The highest BCUT2D eigenvalue weighted by Gasteiger charge is 2.10. The van der Waals surface area contributed by atoms with E-state index in [1.54, 1.807) is 30.3 Å². The van der Waals surface area contributed by atoms with Crippen LogP contribution in [-0.4, -0.2) is 15.1 Å². The Hall–Kier alpha value is -2.93. The monoisotopic (exact) mass is 330 g/mol. The fourth-order valence-corrected chi connectivity index (χ4v) is 2.16. The molecular formula is C15H11ClN4O3. The van der Waals surface area contributed by atoms with Gasteiger partial charge in [-0.25, -0.2) is 0 Å². The number of aromatic nitrogens is 2. The minimum Gasteiger partial charge on any atom is -0.419 e. The van der Waals surface area contributed by atoms with E-state index in [1.165, 1.54) is 12.1 Å². The van der Waals surface area contributed by atoms with Crippen LogP contribution in [-0.2, 0) is 6.54 Å². The Kier molecular flexibility index (Phi) is 4.20. The summed E-state index contributed by atoms with van der Waals surface area (Å²) in [6, 6.07) is 13.3. The number of halogens is 1. The molecule has 0 unspecified atom stereocenters. The van der Waals surface area contributed by atoms with Gasteiger partial charge in [0.15, 0.2) is 0 Å². The van der Waals surface area contributed by atoms with E-state index in [4.69, 9.17) is 16.0 Å². The fraction of sp³-hybridized carbons (Fsp3) is 0.0667. The predicted molar refractivity (Wildman–Crippen MR) is 85.2 cm³/mol. The summed E-state index contributed by atoms with van der Waals surface area (Å²) in [6.07, 6.45) is 0. The number of nitro benzene ring substituents is 1. The summed E-state index contributed by atoms with van der Waals surface area (Å²) in [5.74, 6) is 0.731. The molecule has 0 radical (unpaired) electrons.